The quantitative estimate of drug-likeness (QED) is 0.663. The van der Waals surface area contributed by atoms with Gasteiger partial charge in [0.05, 0.1) is 11.6 Å². The maximum atomic E-state index is 9.71. The van der Waals surface area contributed by atoms with Crippen molar-refractivity contribution in [1.29, 1.82) is 0 Å². The van der Waals surface area contributed by atoms with Gasteiger partial charge in [-0.05, 0) is 18.6 Å². The van der Waals surface area contributed by atoms with Crippen molar-refractivity contribution in [3.8, 4) is 5.75 Å². The SMILES string of the molecule is Oc1cccc2cc3n(c12)CCC3O. The van der Waals surface area contributed by atoms with Crippen LogP contribution in [0.15, 0.2) is 24.3 Å². The summed E-state index contributed by atoms with van der Waals surface area (Å²) < 4.78 is 2.00. The van der Waals surface area contributed by atoms with Gasteiger partial charge in [-0.3, -0.25) is 0 Å². The molecule has 0 fully saturated rings. The number of aliphatic hydroxyl groups is 1. The van der Waals surface area contributed by atoms with Gasteiger partial charge in [0.2, 0.25) is 0 Å². The van der Waals surface area contributed by atoms with Crippen LogP contribution in [0.5, 0.6) is 5.75 Å². The fourth-order valence-electron chi connectivity index (χ4n) is 2.24. The Kier molecular flexibility index (Phi) is 1.42. The van der Waals surface area contributed by atoms with Crippen LogP contribution in [0.3, 0.4) is 0 Å². The van der Waals surface area contributed by atoms with E-state index in [1.54, 1.807) is 6.07 Å². The van der Waals surface area contributed by atoms with Gasteiger partial charge in [-0.15, -0.1) is 0 Å². The first kappa shape index (κ1) is 7.88. The maximum Gasteiger partial charge on any atom is 0.139 e. The van der Waals surface area contributed by atoms with Gasteiger partial charge >= 0.3 is 0 Å². The molecule has 0 saturated heterocycles. The summed E-state index contributed by atoms with van der Waals surface area (Å²) in [5.41, 5.74) is 1.76. The Morgan fingerprint density at radius 1 is 1.36 bits per heavy atom. The van der Waals surface area contributed by atoms with E-state index in [4.69, 9.17) is 0 Å². The predicted molar refractivity (Wildman–Crippen MR) is 53.2 cm³/mol. The molecule has 0 saturated carbocycles. The minimum absolute atomic E-state index is 0.294. The highest BCUT2D eigenvalue weighted by molar-refractivity contribution is 5.87. The molecular formula is C11H11NO2. The van der Waals surface area contributed by atoms with Crippen LogP contribution in [0.4, 0.5) is 0 Å². The van der Waals surface area contributed by atoms with Crippen molar-refractivity contribution in [3.05, 3.63) is 30.0 Å². The minimum atomic E-state index is -0.373. The summed E-state index contributed by atoms with van der Waals surface area (Å²) >= 11 is 0. The predicted octanol–water partition coefficient (Wildman–Crippen LogP) is 1.78. The van der Waals surface area contributed by atoms with E-state index in [0.717, 1.165) is 29.6 Å². The number of aryl methyl sites for hydroxylation is 1. The third-order valence-electron chi connectivity index (χ3n) is 2.90. The highest BCUT2D eigenvalue weighted by atomic mass is 16.3. The third-order valence-corrected chi connectivity index (χ3v) is 2.90. The largest absolute Gasteiger partial charge is 0.506 e. The number of hydrogen-bond donors (Lipinski definition) is 2. The average molecular weight is 189 g/mol. The van der Waals surface area contributed by atoms with Crippen LogP contribution in [-0.2, 0) is 6.54 Å². The van der Waals surface area contributed by atoms with E-state index in [0.29, 0.717) is 5.75 Å². The zero-order valence-corrected chi connectivity index (χ0v) is 7.64. The van der Waals surface area contributed by atoms with Crippen LogP contribution in [0.25, 0.3) is 10.9 Å². The second-order valence-corrected chi connectivity index (χ2v) is 3.74. The van der Waals surface area contributed by atoms with E-state index >= 15 is 0 Å². The zero-order chi connectivity index (χ0) is 9.71. The molecule has 1 aliphatic rings. The number of aromatic nitrogens is 1. The van der Waals surface area contributed by atoms with Crippen LogP contribution in [0.2, 0.25) is 0 Å². The Labute approximate surface area is 81.2 Å². The molecule has 0 spiro atoms. The number of hydrogen-bond acceptors (Lipinski definition) is 2. The number of benzene rings is 1. The topological polar surface area (TPSA) is 45.4 Å². The standard InChI is InChI=1S/C11H11NO2/c13-9-4-5-12-8(9)6-7-2-1-3-10(14)11(7)12/h1-3,6,9,13-14H,4-5H2. The Balaban J connectivity index is 2.41. The average Bonchev–Trinajstić information content (AvgIpc) is 2.68. The molecule has 0 bridgehead atoms. The van der Waals surface area contributed by atoms with Crippen molar-refractivity contribution >= 4 is 10.9 Å². The van der Waals surface area contributed by atoms with E-state index in [-0.39, 0.29) is 6.10 Å². The van der Waals surface area contributed by atoms with Gasteiger partial charge < -0.3 is 14.8 Å². The van der Waals surface area contributed by atoms with Crippen LogP contribution >= 0.6 is 0 Å². The fraction of sp³-hybridized carbons (Fsp3) is 0.273. The molecule has 0 radical (unpaired) electrons. The normalized spacial score (nSPS) is 20.2. The highest BCUT2D eigenvalue weighted by Crippen LogP contribution is 2.35. The monoisotopic (exact) mass is 189 g/mol. The van der Waals surface area contributed by atoms with Crippen molar-refractivity contribution in [3.63, 3.8) is 0 Å². The smallest absolute Gasteiger partial charge is 0.139 e. The molecule has 2 heterocycles. The van der Waals surface area contributed by atoms with Crippen molar-refractivity contribution in [1.82, 2.24) is 4.57 Å². The number of aromatic hydroxyl groups is 1. The summed E-state index contributed by atoms with van der Waals surface area (Å²) in [5.74, 6) is 0.294. The highest BCUT2D eigenvalue weighted by Gasteiger charge is 2.23. The number of nitrogens with zero attached hydrogens (tertiary/aromatic N) is 1. The molecular weight excluding hydrogens is 178 g/mol. The molecule has 72 valence electrons. The second-order valence-electron chi connectivity index (χ2n) is 3.74. The molecule has 3 heteroatoms. The fourth-order valence-corrected chi connectivity index (χ4v) is 2.24. The van der Waals surface area contributed by atoms with Gasteiger partial charge in [0.25, 0.3) is 0 Å². The molecule has 1 aromatic carbocycles. The lowest BCUT2D eigenvalue weighted by molar-refractivity contribution is 0.180. The molecule has 1 atom stereocenters. The minimum Gasteiger partial charge on any atom is -0.506 e. The first-order valence-electron chi connectivity index (χ1n) is 4.76. The molecule has 3 rings (SSSR count). The number of fused-ring (bicyclic) bond motifs is 3. The molecule has 2 N–H and O–H groups in total. The summed E-state index contributed by atoms with van der Waals surface area (Å²) in [4.78, 5) is 0. The second kappa shape index (κ2) is 2.51. The van der Waals surface area contributed by atoms with Gasteiger partial charge in [-0.2, -0.15) is 0 Å². The van der Waals surface area contributed by atoms with E-state index in [9.17, 15) is 10.2 Å². The van der Waals surface area contributed by atoms with Gasteiger partial charge in [0.1, 0.15) is 5.75 Å². The van der Waals surface area contributed by atoms with Gasteiger partial charge in [0.15, 0.2) is 0 Å². The molecule has 1 aromatic heterocycles. The van der Waals surface area contributed by atoms with Crippen LogP contribution in [0, 0.1) is 0 Å². The van der Waals surface area contributed by atoms with E-state index in [1.807, 2.05) is 22.8 Å². The molecule has 1 unspecified atom stereocenters. The van der Waals surface area contributed by atoms with E-state index in [1.165, 1.54) is 0 Å². The molecule has 0 aliphatic carbocycles. The van der Waals surface area contributed by atoms with Gasteiger partial charge in [-0.1, -0.05) is 12.1 Å². The lowest BCUT2D eigenvalue weighted by atomic mass is 10.2. The van der Waals surface area contributed by atoms with Gasteiger partial charge in [0, 0.05) is 17.6 Å². The number of rotatable bonds is 0. The third kappa shape index (κ3) is 0.849. The Morgan fingerprint density at radius 2 is 2.21 bits per heavy atom. The molecule has 2 aromatic rings. The summed E-state index contributed by atoms with van der Waals surface area (Å²) in [6, 6.07) is 7.40. The van der Waals surface area contributed by atoms with E-state index < -0.39 is 0 Å². The number of aliphatic hydroxyl groups excluding tert-OH is 1. The van der Waals surface area contributed by atoms with Crippen LogP contribution in [-0.4, -0.2) is 14.8 Å². The summed E-state index contributed by atoms with van der Waals surface area (Å²) in [6.45, 7) is 0.789. The van der Waals surface area contributed by atoms with Crippen LogP contribution < -0.4 is 0 Å². The summed E-state index contributed by atoms with van der Waals surface area (Å²) in [6.07, 6.45) is 0.376. The van der Waals surface area contributed by atoms with Crippen molar-refractivity contribution in [2.75, 3.05) is 0 Å². The zero-order valence-electron chi connectivity index (χ0n) is 7.64. The van der Waals surface area contributed by atoms with Crippen molar-refractivity contribution < 1.29 is 10.2 Å². The first-order chi connectivity index (χ1) is 6.77. The number of phenols is 1. The lowest BCUT2D eigenvalue weighted by Crippen LogP contribution is -1.91. The Bertz CT molecular complexity index is 501. The maximum absolute atomic E-state index is 9.71. The summed E-state index contributed by atoms with van der Waals surface area (Å²) in [5, 5.41) is 20.4. The number of phenolic OH excluding ortho intramolecular Hbond substituents is 1. The molecule has 14 heavy (non-hydrogen) atoms. The number of para-hydroxylation sites is 1. The first-order valence-corrected chi connectivity index (χ1v) is 4.76. The summed E-state index contributed by atoms with van der Waals surface area (Å²) in [7, 11) is 0. The van der Waals surface area contributed by atoms with Crippen LogP contribution in [0.1, 0.15) is 18.2 Å². The lowest BCUT2D eigenvalue weighted by Gasteiger charge is -2.01. The Morgan fingerprint density at radius 3 is 3.07 bits per heavy atom. The molecule has 0 amide bonds. The van der Waals surface area contributed by atoms with Crippen molar-refractivity contribution in [2.45, 2.75) is 19.1 Å². The van der Waals surface area contributed by atoms with Crippen molar-refractivity contribution in [2.24, 2.45) is 0 Å². The molecule has 1 aliphatic heterocycles. The molecule has 3 nitrogen and oxygen atoms in total. The van der Waals surface area contributed by atoms with Gasteiger partial charge in [-0.25, -0.2) is 0 Å². The Hall–Kier alpha value is -1.48. The van der Waals surface area contributed by atoms with E-state index in [2.05, 4.69) is 0 Å².